The summed E-state index contributed by atoms with van der Waals surface area (Å²) in [5, 5.41) is 2.44. The monoisotopic (exact) mass is 661 g/mol. The number of fused-ring (bicyclic) bond motifs is 2. The Hall–Kier alpha value is -4.80. The third-order valence-electron chi connectivity index (χ3n) is 8.09. The second kappa shape index (κ2) is 15.2. The van der Waals surface area contributed by atoms with E-state index in [0.29, 0.717) is 13.1 Å². The van der Waals surface area contributed by atoms with Gasteiger partial charge in [-0.1, -0.05) is 95.9 Å². The summed E-state index contributed by atoms with van der Waals surface area (Å²) in [5.74, 6) is 0.284. The number of anilines is 1. The SMILES string of the molecule is NC(N)=NCCCCN1C(=Cc2sc3ccc(-c4ccccc4)cc3[n+]2CCCCN=C(N)N)Sc2ccc(-c3ccccc3)cc21. The lowest BCUT2D eigenvalue weighted by Gasteiger charge is -2.20. The number of hydrogen-bond donors (Lipinski definition) is 4. The molecule has 0 saturated heterocycles. The molecule has 1 aliphatic rings. The topological polar surface area (TPSA) is 136 Å². The summed E-state index contributed by atoms with van der Waals surface area (Å²) in [7, 11) is 0. The molecule has 240 valence electrons. The van der Waals surface area contributed by atoms with E-state index < -0.39 is 0 Å². The van der Waals surface area contributed by atoms with Gasteiger partial charge >= 0.3 is 0 Å². The first-order chi connectivity index (χ1) is 23.0. The highest BCUT2D eigenvalue weighted by atomic mass is 32.2. The summed E-state index contributed by atoms with van der Waals surface area (Å²) in [6, 6.07) is 34.7. The van der Waals surface area contributed by atoms with Crippen molar-refractivity contribution >= 4 is 57.0 Å². The van der Waals surface area contributed by atoms with Gasteiger partial charge in [-0.3, -0.25) is 9.98 Å². The lowest BCUT2D eigenvalue weighted by molar-refractivity contribution is -0.669. The van der Waals surface area contributed by atoms with Gasteiger partial charge in [0.15, 0.2) is 18.5 Å². The highest BCUT2D eigenvalue weighted by Crippen LogP contribution is 2.48. The summed E-state index contributed by atoms with van der Waals surface area (Å²) >= 11 is 3.67. The van der Waals surface area contributed by atoms with E-state index in [9.17, 15) is 0 Å². The quantitative estimate of drug-likeness (QED) is 0.0490. The number of nitrogens with two attached hydrogens (primary N) is 4. The standard InChI is InChI=1S/C37H41N8S2/c38-36(39)42-19-7-9-21-44-30-23-28(26-11-3-1-4-12-26)15-17-32(30)46-34(44)25-35-45(22-10-8-20-43-37(40)41)31-24-29(16-18-33(31)47-35)27-13-5-2-6-14-27/h1-6,11-18,23-25H,7-10,19-22H2,(H4,38,39,42)(H4,40,41,43)/q+1. The molecule has 6 rings (SSSR count). The largest absolute Gasteiger partial charge is 0.370 e. The Morgan fingerprint density at radius 2 is 1.30 bits per heavy atom. The molecule has 2 heterocycles. The lowest BCUT2D eigenvalue weighted by atomic mass is 10.0. The minimum absolute atomic E-state index is 0.142. The van der Waals surface area contributed by atoms with E-state index in [1.807, 2.05) is 23.1 Å². The van der Waals surface area contributed by atoms with Crippen LogP contribution in [0.3, 0.4) is 0 Å². The Labute approximate surface area is 284 Å². The molecule has 5 aromatic rings. The van der Waals surface area contributed by atoms with Crippen LogP contribution in [-0.2, 0) is 6.54 Å². The van der Waals surface area contributed by atoms with Gasteiger partial charge in [-0.05, 0) is 59.7 Å². The van der Waals surface area contributed by atoms with Crippen LogP contribution in [-0.4, -0.2) is 31.6 Å². The van der Waals surface area contributed by atoms with E-state index in [4.69, 9.17) is 22.9 Å². The number of thioether (sulfide) groups is 1. The van der Waals surface area contributed by atoms with Crippen LogP contribution in [0.5, 0.6) is 0 Å². The van der Waals surface area contributed by atoms with Crippen molar-refractivity contribution in [3.05, 3.63) is 107 Å². The molecule has 1 aromatic heterocycles. The number of aliphatic imine (C=N–C) groups is 2. The predicted octanol–water partition coefficient (Wildman–Crippen LogP) is 6.54. The third-order valence-corrected chi connectivity index (χ3v) is 10.3. The van der Waals surface area contributed by atoms with Crippen LogP contribution >= 0.6 is 23.1 Å². The van der Waals surface area contributed by atoms with Gasteiger partial charge in [-0.15, -0.1) is 0 Å². The fourth-order valence-electron chi connectivity index (χ4n) is 5.78. The average Bonchev–Trinajstić information content (AvgIpc) is 3.60. The molecule has 8 nitrogen and oxygen atoms in total. The minimum atomic E-state index is 0.142. The Morgan fingerprint density at radius 1 is 0.681 bits per heavy atom. The van der Waals surface area contributed by atoms with Crippen molar-refractivity contribution < 1.29 is 4.57 Å². The van der Waals surface area contributed by atoms with E-state index >= 15 is 0 Å². The number of thiazole rings is 1. The highest BCUT2D eigenvalue weighted by Gasteiger charge is 2.28. The van der Waals surface area contributed by atoms with Gasteiger partial charge in [0, 0.05) is 37.0 Å². The number of nitrogens with zero attached hydrogens (tertiary/aromatic N) is 4. The van der Waals surface area contributed by atoms with Crippen LogP contribution in [0.2, 0.25) is 0 Å². The lowest BCUT2D eigenvalue weighted by Crippen LogP contribution is -2.35. The summed E-state index contributed by atoms with van der Waals surface area (Å²) in [4.78, 5) is 12.1. The molecule has 0 atom stereocenters. The van der Waals surface area contributed by atoms with Crippen molar-refractivity contribution in [1.82, 2.24) is 0 Å². The van der Waals surface area contributed by atoms with E-state index in [1.165, 1.54) is 53.1 Å². The van der Waals surface area contributed by atoms with Crippen LogP contribution < -0.4 is 32.4 Å². The first-order valence-electron chi connectivity index (χ1n) is 16.0. The van der Waals surface area contributed by atoms with Crippen molar-refractivity contribution in [2.45, 2.75) is 37.1 Å². The number of aryl methyl sites for hydroxylation is 1. The van der Waals surface area contributed by atoms with Gasteiger partial charge in [-0.2, -0.15) is 4.57 Å². The molecule has 0 unspecified atom stereocenters. The number of benzene rings is 4. The van der Waals surface area contributed by atoms with Gasteiger partial charge in [0.2, 0.25) is 5.52 Å². The Morgan fingerprint density at radius 3 is 1.96 bits per heavy atom. The number of rotatable bonds is 13. The second-order valence-electron chi connectivity index (χ2n) is 11.5. The van der Waals surface area contributed by atoms with Crippen LogP contribution in [0.25, 0.3) is 38.5 Å². The van der Waals surface area contributed by atoms with Gasteiger partial charge in [0.25, 0.3) is 5.01 Å². The number of hydrogen-bond acceptors (Lipinski definition) is 5. The second-order valence-corrected chi connectivity index (χ2v) is 13.6. The zero-order chi connectivity index (χ0) is 32.6. The van der Waals surface area contributed by atoms with Gasteiger partial charge in [-0.25, -0.2) is 0 Å². The molecule has 8 N–H and O–H groups in total. The molecule has 47 heavy (non-hydrogen) atoms. The van der Waals surface area contributed by atoms with Crippen molar-refractivity contribution in [3.8, 4) is 22.3 Å². The maximum Gasteiger partial charge on any atom is 0.265 e. The average molecular weight is 662 g/mol. The highest BCUT2D eigenvalue weighted by molar-refractivity contribution is 8.03. The summed E-state index contributed by atoms with van der Waals surface area (Å²) in [6.45, 7) is 2.98. The van der Waals surface area contributed by atoms with Gasteiger partial charge in [0.05, 0.1) is 16.8 Å². The minimum Gasteiger partial charge on any atom is -0.370 e. The molecule has 0 fully saturated rings. The molecule has 0 amide bonds. The molecule has 0 aliphatic carbocycles. The first-order valence-corrected chi connectivity index (χ1v) is 17.6. The van der Waals surface area contributed by atoms with E-state index in [2.05, 4.69) is 123 Å². The predicted molar refractivity (Wildman–Crippen MR) is 200 cm³/mol. The fraction of sp³-hybridized carbons (Fsp3) is 0.216. The summed E-state index contributed by atoms with van der Waals surface area (Å²) < 4.78 is 3.72. The zero-order valence-electron chi connectivity index (χ0n) is 26.4. The van der Waals surface area contributed by atoms with E-state index in [1.54, 1.807) is 0 Å². The molecule has 0 saturated carbocycles. The molecule has 0 radical (unpaired) electrons. The van der Waals surface area contributed by atoms with Crippen LogP contribution in [0.15, 0.2) is 117 Å². The molecule has 0 spiro atoms. The smallest absolute Gasteiger partial charge is 0.265 e. The number of aromatic nitrogens is 1. The Kier molecular flexibility index (Phi) is 10.4. The Bertz CT molecular complexity index is 1910. The molecule has 1 aliphatic heterocycles. The van der Waals surface area contributed by atoms with E-state index in [-0.39, 0.29) is 11.9 Å². The van der Waals surface area contributed by atoms with Crippen LogP contribution in [0.4, 0.5) is 5.69 Å². The number of unbranched alkanes of at least 4 members (excludes halogenated alkanes) is 2. The zero-order valence-corrected chi connectivity index (χ0v) is 28.0. The van der Waals surface area contributed by atoms with Crippen molar-refractivity contribution in [2.24, 2.45) is 32.9 Å². The van der Waals surface area contributed by atoms with Crippen LogP contribution in [0.1, 0.15) is 30.7 Å². The molecular weight excluding hydrogens is 621 g/mol. The molecule has 0 bridgehead atoms. The van der Waals surface area contributed by atoms with E-state index in [0.717, 1.165) is 38.8 Å². The Balaban J connectivity index is 1.37. The summed E-state index contributed by atoms with van der Waals surface area (Å²) in [5.41, 5.74) is 29.6. The summed E-state index contributed by atoms with van der Waals surface area (Å²) in [6.07, 6.45) is 6.09. The third kappa shape index (κ3) is 7.96. The van der Waals surface area contributed by atoms with Gasteiger partial charge < -0.3 is 27.8 Å². The fourth-order valence-corrected chi connectivity index (χ4v) is 8.07. The maximum absolute atomic E-state index is 5.58. The normalized spacial score (nSPS) is 13.2. The maximum atomic E-state index is 5.58. The van der Waals surface area contributed by atoms with Crippen molar-refractivity contribution in [2.75, 3.05) is 24.5 Å². The van der Waals surface area contributed by atoms with Crippen molar-refractivity contribution in [1.29, 1.82) is 0 Å². The molecule has 10 heteroatoms. The van der Waals surface area contributed by atoms with Gasteiger partial charge in [0.1, 0.15) is 4.70 Å². The van der Waals surface area contributed by atoms with Crippen LogP contribution in [0, 0.1) is 0 Å². The number of guanidine groups is 2. The molecule has 4 aromatic carbocycles. The van der Waals surface area contributed by atoms with Crippen molar-refractivity contribution in [3.63, 3.8) is 0 Å². The first kappa shape index (κ1) is 32.2. The molecular formula is C37H41N8S2+.